The van der Waals surface area contributed by atoms with Crippen LogP contribution in [0.15, 0.2) is 194 Å². The van der Waals surface area contributed by atoms with Crippen LogP contribution in [0, 0.1) is 6.92 Å². The number of fused-ring (bicyclic) bond motifs is 1. The van der Waals surface area contributed by atoms with Crippen molar-refractivity contribution in [2.24, 2.45) is 0 Å². The first-order valence-corrected chi connectivity index (χ1v) is 19.8. The lowest BCUT2D eigenvalue weighted by Gasteiger charge is -2.22. The Labute approximate surface area is 338 Å². The van der Waals surface area contributed by atoms with Gasteiger partial charge >= 0.3 is 0 Å². The van der Waals surface area contributed by atoms with E-state index in [1.165, 1.54) is 77.9 Å². The van der Waals surface area contributed by atoms with E-state index >= 15 is 0 Å². The Bertz CT molecular complexity index is 2360. The van der Waals surface area contributed by atoms with Crippen molar-refractivity contribution in [1.29, 1.82) is 0 Å². The van der Waals surface area contributed by atoms with E-state index in [0.29, 0.717) is 5.92 Å². The van der Waals surface area contributed by atoms with Crippen LogP contribution in [-0.4, -0.2) is 0 Å². The molecule has 282 valence electrons. The fourth-order valence-corrected chi connectivity index (χ4v) is 7.66. The number of hydrogen-bond donors (Lipinski definition) is 0. The molecule has 0 saturated carbocycles. The van der Waals surface area contributed by atoms with E-state index in [4.69, 9.17) is 0 Å². The number of benzene rings is 6. The quantitative estimate of drug-likeness (QED) is 0.160. The fourth-order valence-electron chi connectivity index (χ4n) is 7.66. The van der Waals surface area contributed by atoms with Crippen molar-refractivity contribution >= 4 is 11.1 Å². The summed E-state index contributed by atoms with van der Waals surface area (Å²) in [4.78, 5) is 0. The lowest BCUT2D eigenvalue weighted by Crippen LogP contribution is -2.03. The van der Waals surface area contributed by atoms with E-state index in [-0.39, 0.29) is 13.3 Å². The second kappa shape index (κ2) is 19.6. The Kier molecular flexibility index (Phi) is 14.4. The summed E-state index contributed by atoms with van der Waals surface area (Å²) >= 11 is 0. The minimum Gasteiger partial charge on any atom is -0.0911 e. The van der Waals surface area contributed by atoms with Crippen LogP contribution in [0.25, 0.3) is 44.5 Å². The third-order valence-corrected chi connectivity index (χ3v) is 10.7. The summed E-state index contributed by atoms with van der Waals surface area (Å²) in [6.45, 7) is 17.4. The van der Waals surface area contributed by atoms with Gasteiger partial charge in [-0.25, -0.2) is 0 Å². The van der Waals surface area contributed by atoms with Crippen LogP contribution in [0.2, 0.25) is 0 Å². The average Bonchev–Trinajstić information content (AvgIpc) is 3.69. The van der Waals surface area contributed by atoms with Crippen LogP contribution in [0.1, 0.15) is 93.7 Å². The first-order chi connectivity index (χ1) is 26.9. The van der Waals surface area contributed by atoms with E-state index in [1.54, 1.807) is 0 Å². The Balaban J connectivity index is 0.000000338. The maximum absolute atomic E-state index is 4.38. The van der Waals surface area contributed by atoms with Crippen LogP contribution in [0.3, 0.4) is 0 Å². The molecule has 0 bridgehead atoms. The normalized spacial score (nSPS) is 15.8. The van der Waals surface area contributed by atoms with E-state index < -0.39 is 0 Å². The van der Waals surface area contributed by atoms with E-state index in [9.17, 15) is 0 Å². The molecule has 0 heteroatoms. The summed E-state index contributed by atoms with van der Waals surface area (Å²) in [5, 5.41) is 0. The predicted octanol–water partition coefficient (Wildman–Crippen LogP) is 16.5. The first-order valence-electron chi connectivity index (χ1n) is 19.8. The molecule has 0 radical (unpaired) electrons. The zero-order valence-electron chi connectivity index (χ0n) is 33.4. The molecule has 0 heterocycles. The molecular formula is C56H58. The lowest BCUT2D eigenvalue weighted by molar-refractivity contribution is 0.909. The zero-order valence-corrected chi connectivity index (χ0v) is 33.4. The molecule has 2 atom stereocenters. The molecule has 6 aromatic rings. The maximum Gasteiger partial charge on any atom is 0.00673 e. The smallest absolute Gasteiger partial charge is 0.00673 e. The highest BCUT2D eigenvalue weighted by Gasteiger charge is 2.19. The zero-order chi connectivity index (χ0) is 38.7. The molecule has 2 aliphatic rings. The molecule has 56 heavy (non-hydrogen) atoms. The molecule has 0 aromatic heterocycles. The molecular weight excluding hydrogens is 673 g/mol. The van der Waals surface area contributed by atoms with Gasteiger partial charge < -0.3 is 0 Å². The highest BCUT2D eigenvalue weighted by Crippen LogP contribution is 2.40. The van der Waals surface area contributed by atoms with Gasteiger partial charge in [0.15, 0.2) is 0 Å². The third-order valence-electron chi connectivity index (χ3n) is 10.7. The highest BCUT2D eigenvalue weighted by atomic mass is 14.2. The molecule has 2 unspecified atom stereocenters. The third kappa shape index (κ3) is 9.45. The van der Waals surface area contributed by atoms with Crippen molar-refractivity contribution in [3.05, 3.63) is 228 Å². The summed E-state index contributed by atoms with van der Waals surface area (Å²) < 4.78 is 0. The van der Waals surface area contributed by atoms with Crippen molar-refractivity contribution in [2.75, 3.05) is 0 Å². The van der Waals surface area contributed by atoms with Crippen LogP contribution in [0.5, 0.6) is 0 Å². The minimum absolute atomic E-state index is 0. The topological polar surface area (TPSA) is 0 Å². The van der Waals surface area contributed by atoms with Gasteiger partial charge in [-0.2, -0.15) is 0 Å². The van der Waals surface area contributed by atoms with Gasteiger partial charge in [-0.3, -0.25) is 0 Å². The molecule has 0 amide bonds. The average molecular weight is 731 g/mol. The molecule has 0 aliphatic heterocycles. The largest absolute Gasteiger partial charge is 0.0911 e. The standard InChI is InChI=1S/C41H36.C12H12.C2H6.CH4/c1-28-14-8-9-15-29(2)41-27-33(22-24-35(28)41)31(4)37-18-10-13-21-40(37)36-25-23-34(26-30(36)3)39-20-12-11-19-38(39)32-16-6-5-7-17-32;1-10-7-8-12(9-10)11-5-3-2-4-6-11;1-2;/h5-28,31H,2H2,1,3-4H3;2-8H,9H2,1H3;1-2H3;1H4/b14-8-,15-9-;;;. The SMILES string of the molecule is C.C=C1/C=C\C=C/C(C)c2ccc(C(C)c3ccccc3-c3ccc(-c4ccccc4-c4ccccc4)cc3C)cc21.CC.CC1=CC=C(c2ccccc2)C1. The summed E-state index contributed by atoms with van der Waals surface area (Å²) in [5.74, 6) is 0.596. The Morgan fingerprint density at radius 2 is 1.18 bits per heavy atom. The van der Waals surface area contributed by atoms with E-state index in [0.717, 1.165) is 12.0 Å². The summed E-state index contributed by atoms with van der Waals surface area (Å²) in [5.41, 5.74) is 19.4. The first kappa shape index (κ1) is 41.2. The van der Waals surface area contributed by atoms with Gasteiger partial charge in [0, 0.05) is 5.92 Å². The van der Waals surface area contributed by atoms with Crippen molar-refractivity contribution in [3.63, 3.8) is 0 Å². The number of rotatable bonds is 6. The van der Waals surface area contributed by atoms with Crippen molar-refractivity contribution in [2.45, 2.75) is 67.2 Å². The molecule has 0 saturated heterocycles. The second-order valence-electron chi connectivity index (χ2n) is 14.4. The predicted molar refractivity (Wildman–Crippen MR) is 248 cm³/mol. The summed E-state index contributed by atoms with van der Waals surface area (Å²) in [6, 6.07) is 52.7. The Morgan fingerprint density at radius 1 is 0.571 bits per heavy atom. The minimum atomic E-state index is 0. The lowest BCUT2D eigenvalue weighted by atomic mass is 9.82. The summed E-state index contributed by atoms with van der Waals surface area (Å²) in [6.07, 6.45) is 14.1. The van der Waals surface area contributed by atoms with Gasteiger partial charge in [0.25, 0.3) is 0 Å². The van der Waals surface area contributed by atoms with Gasteiger partial charge in [0.2, 0.25) is 0 Å². The molecule has 6 aromatic carbocycles. The van der Waals surface area contributed by atoms with E-state index in [1.807, 2.05) is 13.8 Å². The van der Waals surface area contributed by atoms with Gasteiger partial charge in [-0.1, -0.05) is 229 Å². The Morgan fingerprint density at radius 3 is 1.82 bits per heavy atom. The van der Waals surface area contributed by atoms with Crippen LogP contribution in [-0.2, 0) is 0 Å². The number of allylic oxidation sites excluding steroid dienone is 9. The summed E-state index contributed by atoms with van der Waals surface area (Å²) in [7, 11) is 0. The monoisotopic (exact) mass is 730 g/mol. The van der Waals surface area contributed by atoms with Gasteiger partial charge in [0.1, 0.15) is 0 Å². The number of hydrogen-bond acceptors (Lipinski definition) is 0. The molecule has 0 fully saturated rings. The van der Waals surface area contributed by atoms with Crippen molar-refractivity contribution in [1.82, 2.24) is 0 Å². The van der Waals surface area contributed by atoms with Crippen molar-refractivity contribution in [3.8, 4) is 33.4 Å². The van der Waals surface area contributed by atoms with Gasteiger partial charge in [0.05, 0.1) is 0 Å². The van der Waals surface area contributed by atoms with Crippen molar-refractivity contribution < 1.29 is 0 Å². The molecule has 0 spiro atoms. The van der Waals surface area contributed by atoms with Crippen LogP contribution in [0.4, 0.5) is 0 Å². The molecule has 0 N–H and O–H groups in total. The van der Waals surface area contributed by atoms with Gasteiger partial charge in [-0.15, -0.1) is 0 Å². The Hall–Kier alpha value is -5.98. The number of aryl methyl sites for hydroxylation is 1. The van der Waals surface area contributed by atoms with Crippen LogP contribution < -0.4 is 0 Å². The fraction of sp³-hybridized carbons (Fsp3) is 0.179. The molecule has 2 aliphatic carbocycles. The van der Waals surface area contributed by atoms with E-state index in [2.05, 4.69) is 216 Å². The highest BCUT2D eigenvalue weighted by molar-refractivity contribution is 5.85. The maximum atomic E-state index is 4.38. The molecule has 0 nitrogen and oxygen atoms in total. The van der Waals surface area contributed by atoms with Gasteiger partial charge in [-0.05, 0) is 104 Å². The second-order valence-corrected chi connectivity index (χ2v) is 14.4. The van der Waals surface area contributed by atoms with Crippen LogP contribution >= 0.6 is 0 Å². The molecule has 8 rings (SSSR count).